The highest BCUT2D eigenvalue weighted by Crippen LogP contribution is 2.31. The van der Waals surface area contributed by atoms with Crippen LogP contribution in [0.25, 0.3) is 0 Å². The third kappa shape index (κ3) is 5.12. The number of hydrogen-bond donors (Lipinski definition) is 5. The van der Waals surface area contributed by atoms with Gasteiger partial charge in [0.15, 0.2) is 6.23 Å². The van der Waals surface area contributed by atoms with Crippen LogP contribution in [-0.2, 0) is 23.9 Å². The highest BCUT2D eigenvalue weighted by atomic mass is 16.6. The minimum Gasteiger partial charge on any atom is -0.468 e. The van der Waals surface area contributed by atoms with Gasteiger partial charge in [-0.3, -0.25) is 19.3 Å². The van der Waals surface area contributed by atoms with Crippen molar-refractivity contribution in [3.8, 4) is 0 Å². The van der Waals surface area contributed by atoms with E-state index >= 15 is 0 Å². The number of ether oxygens (including phenoxy) is 2. The van der Waals surface area contributed by atoms with Crippen molar-refractivity contribution in [2.75, 3.05) is 20.3 Å². The lowest BCUT2D eigenvalue weighted by molar-refractivity contribution is -0.266. The van der Waals surface area contributed by atoms with Crippen LogP contribution in [0, 0.1) is 0 Å². The van der Waals surface area contributed by atoms with E-state index in [1.807, 2.05) is 0 Å². The number of benzene rings is 1. The molecule has 6 atom stereocenters. The molecule has 11 heteroatoms. The van der Waals surface area contributed by atoms with Crippen LogP contribution in [-0.4, -0.2) is 94.0 Å². The van der Waals surface area contributed by atoms with Gasteiger partial charge in [-0.1, -0.05) is 30.3 Å². The van der Waals surface area contributed by atoms with E-state index in [-0.39, 0.29) is 0 Å². The zero-order valence-corrected chi connectivity index (χ0v) is 16.5. The average Bonchev–Trinajstić information content (AvgIpc) is 2.75. The minimum absolute atomic E-state index is 0.340. The maximum atomic E-state index is 12.9. The summed E-state index contributed by atoms with van der Waals surface area (Å²) in [5.74, 6) is -2.17. The van der Waals surface area contributed by atoms with Gasteiger partial charge >= 0.3 is 5.97 Å². The number of nitrogens with one attached hydrogen (secondary N) is 1. The normalized spacial score (nSPS) is 27.1. The summed E-state index contributed by atoms with van der Waals surface area (Å²) >= 11 is 0. The number of amides is 2. The summed E-state index contributed by atoms with van der Waals surface area (Å²) in [7, 11) is 1.15. The lowest BCUT2D eigenvalue weighted by atomic mass is 9.95. The molecular formula is C19H26N2O9. The van der Waals surface area contributed by atoms with Gasteiger partial charge in [0.1, 0.15) is 37.0 Å². The standard InChI is InChI=1S/C19H26N2O9/c1-10(23)21(19-17(27)16(26)15(25)12(9-22)30-19)14(11-6-4-3-5-7-11)18(28)20-8-13(24)29-2/h3-7,12,14-17,19,22,25-27H,8-9H2,1-2H3,(H,20,28)/t12-,14?,15+,16+,17-,19-/m1/s1. The third-order valence-corrected chi connectivity index (χ3v) is 4.78. The van der Waals surface area contributed by atoms with Crippen molar-refractivity contribution >= 4 is 17.8 Å². The van der Waals surface area contributed by atoms with Gasteiger partial charge in [-0.25, -0.2) is 0 Å². The smallest absolute Gasteiger partial charge is 0.325 e. The molecule has 0 aliphatic carbocycles. The van der Waals surface area contributed by atoms with Gasteiger partial charge in [0.2, 0.25) is 11.8 Å². The molecule has 1 heterocycles. The Hall–Kier alpha value is -2.57. The van der Waals surface area contributed by atoms with Crippen molar-refractivity contribution in [1.29, 1.82) is 0 Å². The first-order valence-corrected chi connectivity index (χ1v) is 9.21. The van der Waals surface area contributed by atoms with E-state index in [0.29, 0.717) is 5.56 Å². The van der Waals surface area contributed by atoms with Gasteiger partial charge in [0, 0.05) is 6.92 Å². The molecule has 5 N–H and O–H groups in total. The Bertz CT molecular complexity index is 743. The molecule has 166 valence electrons. The summed E-state index contributed by atoms with van der Waals surface area (Å²) in [5, 5.41) is 42.4. The number of carbonyl (C=O) groups excluding carboxylic acids is 3. The summed E-state index contributed by atoms with van der Waals surface area (Å²) in [4.78, 5) is 37.8. The van der Waals surface area contributed by atoms with Gasteiger partial charge < -0.3 is 35.2 Å². The molecule has 2 amide bonds. The second-order valence-electron chi connectivity index (χ2n) is 6.75. The van der Waals surface area contributed by atoms with E-state index < -0.39 is 67.6 Å². The zero-order valence-electron chi connectivity index (χ0n) is 16.5. The number of carbonyl (C=O) groups is 3. The lowest BCUT2D eigenvalue weighted by Crippen LogP contribution is -2.65. The Morgan fingerprint density at radius 3 is 2.30 bits per heavy atom. The number of aliphatic hydroxyl groups excluding tert-OH is 4. The fourth-order valence-corrected chi connectivity index (χ4v) is 3.22. The monoisotopic (exact) mass is 426 g/mol. The summed E-state index contributed by atoms with van der Waals surface area (Å²) in [6.45, 7) is -0.0260. The molecular weight excluding hydrogens is 400 g/mol. The van der Waals surface area contributed by atoms with Crippen LogP contribution in [0.3, 0.4) is 0 Å². The second-order valence-corrected chi connectivity index (χ2v) is 6.75. The summed E-state index contributed by atoms with van der Waals surface area (Å²) in [5.41, 5.74) is 0.340. The topological polar surface area (TPSA) is 166 Å². The van der Waals surface area contributed by atoms with E-state index in [0.717, 1.165) is 18.9 Å². The van der Waals surface area contributed by atoms with Gasteiger partial charge in [-0.15, -0.1) is 0 Å². The molecule has 0 bridgehead atoms. The molecule has 2 rings (SSSR count). The van der Waals surface area contributed by atoms with Crippen LogP contribution >= 0.6 is 0 Å². The van der Waals surface area contributed by atoms with E-state index in [2.05, 4.69) is 10.1 Å². The largest absolute Gasteiger partial charge is 0.468 e. The van der Waals surface area contributed by atoms with Crippen molar-refractivity contribution in [1.82, 2.24) is 10.2 Å². The van der Waals surface area contributed by atoms with Crippen LogP contribution in [0.5, 0.6) is 0 Å². The Labute approximate surface area is 172 Å². The lowest BCUT2D eigenvalue weighted by Gasteiger charge is -2.46. The fraction of sp³-hybridized carbons (Fsp3) is 0.526. The molecule has 0 spiro atoms. The van der Waals surface area contributed by atoms with Crippen LogP contribution < -0.4 is 5.32 Å². The summed E-state index contributed by atoms with van der Waals surface area (Å²) in [6.07, 6.45) is -7.97. The van der Waals surface area contributed by atoms with Crippen molar-refractivity contribution in [2.45, 2.75) is 43.6 Å². The number of nitrogens with zero attached hydrogens (tertiary/aromatic N) is 1. The number of rotatable bonds is 7. The van der Waals surface area contributed by atoms with Crippen LogP contribution in [0.15, 0.2) is 30.3 Å². The molecule has 1 unspecified atom stereocenters. The maximum Gasteiger partial charge on any atom is 0.325 e. The molecule has 1 aliphatic heterocycles. The van der Waals surface area contributed by atoms with E-state index in [9.17, 15) is 34.8 Å². The second kappa shape index (κ2) is 10.5. The van der Waals surface area contributed by atoms with Gasteiger partial charge in [-0.05, 0) is 5.56 Å². The molecule has 0 aromatic heterocycles. The Kier molecular flexibility index (Phi) is 8.26. The number of esters is 1. The molecule has 0 saturated carbocycles. The van der Waals surface area contributed by atoms with E-state index in [1.54, 1.807) is 30.3 Å². The molecule has 1 saturated heterocycles. The number of aliphatic hydroxyl groups is 4. The fourth-order valence-electron chi connectivity index (χ4n) is 3.22. The van der Waals surface area contributed by atoms with Gasteiger partial charge in [0.05, 0.1) is 13.7 Å². The van der Waals surface area contributed by atoms with Gasteiger partial charge in [0.25, 0.3) is 0 Å². The first-order valence-electron chi connectivity index (χ1n) is 9.21. The molecule has 1 aromatic rings. The summed E-state index contributed by atoms with van der Waals surface area (Å²) in [6, 6.07) is 6.71. The SMILES string of the molecule is COC(=O)CNC(=O)C(c1ccccc1)N(C(C)=O)[C@@H]1O[C@H](CO)[C@H](O)[C@H](O)[C@H]1O. The highest BCUT2D eigenvalue weighted by Gasteiger charge is 2.49. The molecule has 30 heavy (non-hydrogen) atoms. The van der Waals surface area contributed by atoms with Gasteiger partial charge in [-0.2, -0.15) is 0 Å². The van der Waals surface area contributed by atoms with Crippen LogP contribution in [0.4, 0.5) is 0 Å². The van der Waals surface area contributed by atoms with E-state index in [1.165, 1.54) is 0 Å². The summed E-state index contributed by atoms with van der Waals surface area (Å²) < 4.78 is 9.97. The predicted octanol–water partition coefficient (Wildman–Crippen LogP) is -2.33. The first kappa shape index (κ1) is 23.7. The minimum atomic E-state index is -1.77. The highest BCUT2D eigenvalue weighted by molar-refractivity contribution is 5.90. The maximum absolute atomic E-state index is 12.9. The molecule has 1 aliphatic rings. The van der Waals surface area contributed by atoms with E-state index in [4.69, 9.17) is 4.74 Å². The van der Waals surface area contributed by atoms with Crippen molar-refractivity contribution in [3.05, 3.63) is 35.9 Å². The number of hydrogen-bond acceptors (Lipinski definition) is 9. The quantitative estimate of drug-likeness (QED) is 0.300. The molecule has 1 aromatic carbocycles. The zero-order chi connectivity index (χ0) is 22.4. The van der Waals surface area contributed by atoms with Crippen molar-refractivity contribution in [2.24, 2.45) is 0 Å². The molecule has 11 nitrogen and oxygen atoms in total. The Balaban J connectivity index is 2.44. The van der Waals surface area contributed by atoms with Crippen LogP contribution in [0.2, 0.25) is 0 Å². The average molecular weight is 426 g/mol. The first-order chi connectivity index (χ1) is 14.2. The molecule has 1 fully saturated rings. The Morgan fingerprint density at radius 2 is 1.77 bits per heavy atom. The predicted molar refractivity (Wildman–Crippen MR) is 100 cm³/mol. The van der Waals surface area contributed by atoms with Crippen LogP contribution in [0.1, 0.15) is 18.5 Å². The number of methoxy groups -OCH3 is 1. The van der Waals surface area contributed by atoms with Crippen molar-refractivity contribution < 1.29 is 44.3 Å². The molecule has 0 radical (unpaired) electrons. The third-order valence-electron chi connectivity index (χ3n) is 4.78. The van der Waals surface area contributed by atoms with Crippen molar-refractivity contribution in [3.63, 3.8) is 0 Å². The Morgan fingerprint density at radius 1 is 1.13 bits per heavy atom.